The first kappa shape index (κ1) is 34.3. The van der Waals surface area contributed by atoms with Crippen LogP contribution in [0.3, 0.4) is 0 Å². The first-order chi connectivity index (χ1) is 24.7. The highest BCUT2D eigenvalue weighted by Gasteiger charge is 2.30. The Morgan fingerprint density at radius 3 is 2.33 bits per heavy atom. The van der Waals surface area contributed by atoms with Crippen LogP contribution in [-0.2, 0) is 4.79 Å². The molecule has 0 bridgehead atoms. The van der Waals surface area contributed by atoms with E-state index >= 15 is 0 Å². The van der Waals surface area contributed by atoms with Crippen LogP contribution in [0, 0.1) is 5.92 Å². The lowest BCUT2D eigenvalue weighted by atomic mass is 9.95. The van der Waals surface area contributed by atoms with E-state index in [2.05, 4.69) is 37.0 Å². The van der Waals surface area contributed by atoms with Gasteiger partial charge in [0.2, 0.25) is 5.91 Å². The van der Waals surface area contributed by atoms with Gasteiger partial charge in [-0.05, 0) is 75.6 Å². The molecule has 6 aromatic rings. The van der Waals surface area contributed by atoms with E-state index in [0.29, 0.717) is 58.7 Å². The monoisotopic (exact) mass is 719 g/mol. The van der Waals surface area contributed by atoms with Crippen molar-refractivity contribution in [1.29, 1.82) is 0 Å². The fourth-order valence-corrected chi connectivity index (χ4v) is 7.18. The number of anilines is 2. The maximum absolute atomic E-state index is 14.6. The Kier molecular flexibility index (Phi) is 9.84. The predicted octanol–water partition coefficient (Wildman–Crippen LogP) is 9.00. The van der Waals surface area contributed by atoms with Crippen molar-refractivity contribution in [3.8, 4) is 22.5 Å². The molecule has 0 saturated carbocycles. The zero-order valence-electron chi connectivity index (χ0n) is 28.7. The number of imidazole rings is 1. The number of aromatic amines is 1. The number of H-pyrrole nitrogens is 1. The highest BCUT2D eigenvalue weighted by molar-refractivity contribution is 6.31. The third-order valence-electron chi connectivity index (χ3n) is 9.47. The summed E-state index contributed by atoms with van der Waals surface area (Å²) < 4.78 is 2.11. The van der Waals surface area contributed by atoms with Gasteiger partial charge in [-0.1, -0.05) is 71.7 Å². The Morgan fingerprint density at radius 2 is 1.61 bits per heavy atom. The van der Waals surface area contributed by atoms with Crippen molar-refractivity contribution < 1.29 is 9.59 Å². The Hall–Kier alpha value is -5.12. The summed E-state index contributed by atoms with van der Waals surface area (Å²) in [6.45, 7) is 7.34. The molecule has 1 fully saturated rings. The molecule has 7 rings (SSSR count). The molecule has 0 spiro atoms. The predicted molar refractivity (Wildman–Crippen MR) is 206 cm³/mol. The van der Waals surface area contributed by atoms with Crippen molar-refractivity contribution in [3.63, 3.8) is 0 Å². The topological polar surface area (TPSA) is 108 Å². The third kappa shape index (κ3) is 7.09. The van der Waals surface area contributed by atoms with Gasteiger partial charge in [0.15, 0.2) is 5.82 Å². The fourth-order valence-electron chi connectivity index (χ4n) is 6.88. The van der Waals surface area contributed by atoms with Gasteiger partial charge in [0.1, 0.15) is 5.69 Å². The van der Waals surface area contributed by atoms with Gasteiger partial charge in [-0.25, -0.2) is 9.97 Å². The molecule has 1 aliphatic rings. The standard InChI is InChI=1S/C40H39Cl2N7O2/c1-24(2)45-39(50)28-17-20-48(21-18-28)38-32(10-7-19-43-38)47-40(51)36-34(31-16-15-30(42)22-33(31)46-36)37-35(27-8-5-4-6-9-27)44-23-49(37)25(3)26-11-13-29(41)14-12-26/h4-16,19,22-25,28,46H,17-18,20-21H2,1-3H3,(H,45,50)(H,47,51)/t25-/m0/s1. The minimum atomic E-state index is -0.330. The number of hydrogen-bond donors (Lipinski definition) is 3. The molecule has 3 N–H and O–H groups in total. The normalized spacial score (nSPS) is 14.2. The zero-order valence-corrected chi connectivity index (χ0v) is 30.2. The number of halogens is 2. The van der Waals surface area contributed by atoms with E-state index in [9.17, 15) is 9.59 Å². The number of hydrogen-bond acceptors (Lipinski definition) is 5. The van der Waals surface area contributed by atoms with Crippen LogP contribution in [0.25, 0.3) is 33.4 Å². The van der Waals surface area contributed by atoms with Gasteiger partial charge in [-0.3, -0.25) is 9.59 Å². The van der Waals surface area contributed by atoms with Crippen LogP contribution in [0.5, 0.6) is 0 Å². The molecule has 260 valence electrons. The van der Waals surface area contributed by atoms with Crippen molar-refractivity contribution in [1.82, 2.24) is 24.8 Å². The van der Waals surface area contributed by atoms with Crippen LogP contribution in [0.1, 0.15) is 55.7 Å². The van der Waals surface area contributed by atoms with Gasteiger partial charge < -0.3 is 25.1 Å². The lowest BCUT2D eigenvalue weighted by molar-refractivity contribution is -0.126. The summed E-state index contributed by atoms with van der Waals surface area (Å²) in [5, 5.41) is 8.25. The number of carbonyl (C=O) groups excluding carboxylic acids is 2. The van der Waals surface area contributed by atoms with Gasteiger partial charge in [-0.2, -0.15) is 0 Å². The lowest BCUT2D eigenvalue weighted by Crippen LogP contribution is -2.42. The Morgan fingerprint density at radius 1 is 0.882 bits per heavy atom. The number of nitrogens with zero attached hydrogens (tertiary/aromatic N) is 4. The van der Waals surface area contributed by atoms with Crippen LogP contribution in [0.2, 0.25) is 10.0 Å². The molecular weight excluding hydrogens is 681 g/mol. The van der Waals surface area contributed by atoms with Crippen LogP contribution in [0.15, 0.2) is 97.5 Å². The largest absolute Gasteiger partial charge is 0.355 e. The van der Waals surface area contributed by atoms with E-state index in [4.69, 9.17) is 28.2 Å². The minimum absolute atomic E-state index is 0.0509. The Balaban J connectivity index is 1.29. The van der Waals surface area contributed by atoms with Gasteiger partial charge in [0.25, 0.3) is 5.91 Å². The summed E-state index contributed by atoms with van der Waals surface area (Å²) in [6, 6.07) is 27.0. The van der Waals surface area contributed by atoms with Crippen LogP contribution < -0.4 is 15.5 Å². The SMILES string of the molecule is CC(C)NC(=O)C1CCN(c2ncccc2NC(=O)c2[nH]c3cc(Cl)ccc3c2-c2c(-c3ccccc3)ncn2[C@@H](C)c2ccc(Cl)cc2)CC1. The maximum atomic E-state index is 14.6. The molecule has 51 heavy (non-hydrogen) atoms. The zero-order chi connectivity index (χ0) is 35.6. The molecule has 1 aliphatic heterocycles. The van der Waals surface area contributed by atoms with E-state index in [1.54, 1.807) is 6.20 Å². The van der Waals surface area contributed by atoms with Gasteiger partial charge in [-0.15, -0.1) is 0 Å². The number of benzene rings is 3. The number of nitrogens with one attached hydrogen (secondary N) is 3. The Bertz CT molecular complexity index is 2190. The summed E-state index contributed by atoms with van der Waals surface area (Å²) in [5.41, 5.74) is 5.87. The summed E-state index contributed by atoms with van der Waals surface area (Å²) in [6.07, 6.45) is 4.96. The molecule has 1 atom stereocenters. The molecule has 4 heterocycles. The molecule has 9 nitrogen and oxygen atoms in total. The number of carbonyl (C=O) groups is 2. The number of pyridine rings is 1. The molecule has 0 unspecified atom stereocenters. The summed E-state index contributed by atoms with van der Waals surface area (Å²) in [7, 11) is 0. The van der Waals surface area contributed by atoms with Gasteiger partial charge >= 0.3 is 0 Å². The quantitative estimate of drug-likeness (QED) is 0.138. The van der Waals surface area contributed by atoms with Crippen molar-refractivity contribution in [2.45, 2.75) is 45.7 Å². The second-order valence-corrected chi connectivity index (χ2v) is 14.1. The number of piperidine rings is 1. The molecule has 0 aliphatic carbocycles. The molecule has 0 radical (unpaired) electrons. The highest BCUT2D eigenvalue weighted by atomic mass is 35.5. The summed E-state index contributed by atoms with van der Waals surface area (Å²) in [5.74, 6) is 0.375. The number of amides is 2. The average Bonchev–Trinajstić information content (AvgIpc) is 3.73. The second kappa shape index (κ2) is 14.6. The van der Waals surface area contributed by atoms with E-state index in [1.807, 2.05) is 105 Å². The smallest absolute Gasteiger partial charge is 0.272 e. The van der Waals surface area contributed by atoms with Gasteiger partial charge in [0, 0.05) is 63.3 Å². The maximum Gasteiger partial charge on any atom is 0.272 e. The van der Waals surface area contributed by atoms with E-state index < -0.39 is 0 Å². The molecule has 1 saturated heterocycles. The van der Waals surface area contributed by atoms with Crippen molar-refractivity contribution in [3.05, 3.63) is 119 Å². The molecular formula is C40H39Cl2N7O2. The first-order valence-electron chi connectivity index (χ1n) is 17.2. The molecule has 2 amide bonds. The molecule has 11 heteroatoms. The number of aromatic nitrogens is 4. The molecule has 3 aromatic heterocycles. The number of fused-ring (bicyclic) bond motifs is 1. The highest BCUT2D eigenvalue weighted by Crippen LogP contribution is 2.42. The van der Waals surface area contributed by atoms with Crippen LogP contribution >= 0.6 is 23.2 Å². The van der Waals surface area contributed by atoms with E-state index in [1.165, 1.54) is 0 Å². The minimum Gasteiger partial charge on any atom is -0.355 e. The van der Waals surface area contributed by atoms with Crippen molar-refractivity contribution in [2.75, 3.05) is 23.3 Å². The van der Waals surface area contributed by atoms with Crippen LogP contribution in [-0.4, -0.2) is 50.5 Å². The fraction of sp³-hybridized carbons (Fsp3) is 0.250. The summed E-state index contributed by atoms with van der Waals surface area (Å²) >= 11 is 12.7. The van der Waals surface area contributed by atoms with Crippen molar-refractivity contribution in [2.24, 2.45) is 5.92 Å². The first-order valence-corrected chi connectivity index (χ1v) is 17.9. The van der Waals surface area contributed by atoms with Crippen molar-refractivity contribution >= 4 is 57.4 Å². The average molecular weight is 721 g/mol. The van der Waals surface area contributed by atoms with Crippen LogP contribution in [0.4, 0.5) is 11.5 Å². The number of rotatable bonds is 9. The second-order valence-electron chi connectivity index (χ2n) is 13.3. The van der Waals surface area contributed by atoms with E-state index in [-0.39, 0.29) is 29.8 Å². The summed E-state index contributed by atoms with van der Waals surface area (Å²) in [4.78, 5) is 42.4. The third-order valence-corrected chi connectivity index (χ3v) is 9.95. The Labute approximate surface area is 307 Å². The van der Waals surface area contributed by atoms with E-state index in [0.717, 1.165) is 33.4 Å². The molecule has 3 aromatic carbocycles. The lowest BCUT2D eigenvalue weighted by Gasteiger charge is -2.33. The van der Waals surface area contributed by atoms with Gasteiger partial charge in [0.05, 0.1) is 29.4 Å².